The molecule has 1 aliphatic heterocycles. The van der Waals surface area contributed by atoms with Crippen LogP contribution in [-0.4, -0.2) is 47.4 Å². The molecule has 108 valence electrons. The average Bonchev–Trinajstić information content (AvgIpc) is 2.89. The topological polar surface area (TPSA) is 45.6 Å². The van der Waals surface area contributed by atoms with Crippen molar-refractivity contribution in [2.45, 2.75) is 25.5 Å². The normalized spacial score (nSPS) is 17.9. The molecule has 0 aliphatic carbocycles. The average molecular weight is 292 g/mol. The minimum absolute atomic E-state index is 0.117. The Morgan fingerprint density at radius 3 is 2.85 bits per heavy atom. The van der Waals surface area contributed by atoms with Gasteiger partial charge in [-0.1, -0.05) is 12.1 Å². The summed E-state index contributed by atoms with van der Waals surface area (Å²) in [5.41, 5.74) is 1.11. The van der Waals surface area contributed by atoms with Gasteiger partial charge in [-0.3, -0.25) is 4.90 Å². The van der Waals surface area contributed by atoms with Crippen LogP contribution in [0.2, 0.25) is 0 Å². The molecule has 1 aromatic heterocycles. The van der Waals surface area contributed by atoms with Gasteiger partial charge in [0.2, 0.25) is 0 Å². The van der Waals surface area contributed by atoms with Crippen LogP contribution in [0, 0.1) is 0 Å². The van der Waals surface area contributed by atoms with Gasteiger partial charge < -0.3 is 9.84 Å². The molecule has 0 unspecified atom stereocenters. The largest absolute Gasteiger partial charge is 0.394 e. The molecule has 1 N–H and O–H groups in total. The molecule has 0 bridgehead atoms. The molecule has 2 heterocycles. The Labute approximate surface area is 123 Å². The fraction of sp³-hybridized carbons (Fsp3) is 0.533. The number of likely N-dealkylation sites (tertiary alicyclic amines) is 1. The summed E-state index contributed by atoms with van der Waals surface area (Å²) in [6.07, 6.45) is 2.41. The van der Waals surface area contributed by atoms with Crippen molar-refractivity contribution < 1.29 is 9.84 Å². The van der Waals surface area contributed by atoms with Crippen LogP contribution in [0.25, 0.3) is 10.2 Å². The van der Waals surface area contributed by atoms with E-state index in [1.807, 2.05) is 6.07 Å². The van der Waals surface area contributed by atoms with E-state index >= 15 is 0 Å². The Morgan fingerprint density at radius 2 is 2.10 bits per heavy atom. The second-order valence-electron chi connectivity index (χ2n) is 5.15. The van der Waals surface area contributed by atoms with Gasteiger partial charge in [0, 0.05) is 13.1 Å². The second kappa shape index (κ2) is 6.63. The van der Waals surface area contributed by atoms with Gasteiger partial charge in [-0.15, -0.1) is 11.3 Å². The number of ether oxygens (including phenoxy) is 1. The predicted octanol–water partition coefficient (Wildman–Crippen LogP) is 2.27. The van der Waals surface area contributed by atoms with E-state index in [9.17, 15) is 0 Å². The van der Waals surface area contributed by atoms with Crippen molar-refractivity contribution in [3.05, 3.63) is 29.3 Å². The summed E-state index contributed by atoms with van der Waals surface area (Å²) in [4.78, 5) is 7.13. The molecule has 1 fully saturated rings. The first-order valence-corrected chi connectivity index (χ1v) is 7.96. The number of benzene rings is 1. The van der Waals surface area contributed by atoms with Gasteiger partial charge in [-0.2, -0.15) is 0 Å². The van der Waals surface area contributed by atoms with E-state index in [0.717, 1.165) is 38.0 Å². The molecular weight excluding hydrogens is 272 g/mol. The smallest absolute Gasteiger partial charge is 0.108 e. The van der Waals surface area contributed by atoms with Gasteiger partial charge in [-0.05, 0) is 25.0 Å². The number of nitrogens with zero attached hydrogens (tertiary/aromatic N) is 2. The van der Waals surface area contributed by atoms with Crippen molar-refractivity contribution in [1.29, 1.82) is 0 Å². The van der Waals surface area contributed by atoms with Crippen molar-refractivity contribution in [3.63, 3.8) is 0 Å². The Hall–Kier alpha value is -1.01. The van der Waals surface area contributed by atoms with Gasteiger partial charge in [0.05, 0.1) is 36.1 Å². The van der Waals surface area contributed by atoms with Gasteiger partial charge in [-0.25, -0.2) is 4.98 Å². The highest BCUT2D eigenvalue weighted by molar-refractivity contribution is 7.18. The molecule has 20 heavy (non-hydrogen) atoms. The molecule has 0 saturated carbocycles. The maximum Gasteiger partial charge on any atom is 0.108 e. The highest BCUT2D eigenvalue weighted by Gasteiger charge is 2.20. The lowest BCUT2D eigenvalue weighted by Crippen LogP contribution is -2.36. The number of aliphatic hydroxyl groups excluding tert-OH is 1. The summed E-state index contributed by atoms with van der Waals surface area (Å²) in [6, 6.07) is 8.31. The zero-order chi connectivity index (χ0) is 13.8. The number of hydrogen-bond donors (Lipinski definition) is 1. The number of aromatic nitrogens is 1. The number of thiazole rings is 1. The molecule has 0 spiro atoms. The summed E-state index contributed by atoms with van der Waals surface area (Å²) in [7, 11) is 0. The highest BCUT2D eigenvalue weighted by Crippen LogP contribution is 2.24. The maximum absolute atomic E-state index is 8.77. The summed E-state index contributed by atoms with van der Waals surface area (Å²) in [5, 5.41) is 9.97. The third-order valence-corrected chi connectivity index (χ3v) is 4.70. The van der Waals surface area contributed by atoms with Crippen LogP contribution in [0.15, 0.2) is 24.3 Å². The van der Waals surface area contributed by atoms with Crippen molar-refractivity contribution in [1.82, 2.24) is 9.88 Å². The van der Waals surface area contributed by atoms with Gasteiger partial charge in [0.1, 0.15) is 5.01 Å². The van der Waals surface area contributed by atoms with Crippen LogP contribution in [-0.2, 0) is 11.3 Å². The Bertz CT molecular complexity index is 517. The molecule has 1 saturated heterocycles. The molecule has 5 heteroatoms. The lowest BCUT2D eigenvalue weighted by molar-refractivity contribution is -0.00901. The first-order valence-electron chi connectivity index (χ1n) is 7.14. The third-order valence-electron chi connectivity index (χ3n) is 3.68. The molecule has 0 radical (unpaired) electrons. The van der Waals surface area contributed by atoms with Crippen molar-refractivity contribution in [2.75, 3.05) is 26.3 Å². The van der Waals surface area contributed by atoms with E-state index < -0.39 is 0 Å². The number of hydrogen-bond acceptors (Lipinski definition) is 5. The van der Waals surface area contributed by atoms with E-state index in [-0.39, 0.29) is 6.61 Å². The monoisotopic (exact) mass is 292 g/mol. The summed E-state index contributed by atoms with van der Waals surface area (Å²) >= 11 is 1.79. The van der Waals surface area contributed by atoms with Crippen molar-refractivity contribution in [2.24, 2.45) is 0 Å². The molecule has 1 aliphatic rings. The van der Waals surface area contributed by atoms with Crippen LogP contribution in [0.4, 0.5) is 0 Å². The van der Waals surface area contributed by atoms with E-state index in [4.69, 9.17) is 9.84 Å². The Morgan fingerprint density at radius 1 is 1.30 bits per heavy atom. The van der Waals surface area contributed by atoms with E-state index in [0.29, 0.717) is 12.7 Å². The van der Waals surface area contributed by atoms with E-state index in [1.165, 1.54) is 9.71 Å². The Balaban J connectivity index is 1.54. The quantitative estimate of drug-likeness (QED) is 0.918. The van der Waals surface area contributed by atoms with Gasteiger partial charge >= 0.3 is 0 Å². The van der Waals surface area contributed by atoms with E-state index in [1.54, 1.807) is 11.3 Å². The molecule has 4 nitrogen and oxygen atoms in total. The molecule has 2 aromatic rings. The van der Waals surface area contributed by atoms with Crippen molar-refractivity contribution in [3.8, 4) is 0 Å². The number of piperidine rings is 1. The van der Waals surface area contributed by atoms with Crippen LogP contribution < -0.4 is 0 Å². The maximum atomic E-state index is 8.77. The van der Waals surface area contributed by atoms with Crippen LogP contribution in [0.3, 0.4) is 0 Å². The third kappa shape index (κ3) is 3.35. The van der Waals surface area contributed by atoms with Crippen LogP contribution in [0.5, 0.6) is 0 Å². The lowest BCUT2D eigenvalue weighted by atomic mass is 10.1. The molecule has 0 atom stereocenters. The fourth-order valence-corrected chi connectivity index (χ4v) is 3.64. The van der Waals surface area contributed by atoms with Crippen LogP contribution in [0.1, 0.15) is 17.8 Å². The predicted molar refractivity (Wildman–Crippen MR) is 81.0 cm³/mol. The molecule has 3 rings (SSSR count). The van der Waals surface area contributed by atoms with E-state index in [2.05, 4.69) is 28.1 Å². The summed E-state index contributed by atoms with van der Waals surface area (Å²) in [6.45, 7) is 3.61. The standard InChI is InChI=1S/C15H20N2O2S/c18-9-10-19-12-5-7-17(8-6-12)11-15-16-13-3-1-2-4-14(13)20-15/h1-4,12,18H,5-11H2. The number of para-hydroxylation sites is 1. The van der Waals surface area contributed by atoms with Crippen LogP contribution >= 0.6 is 11.3 Å². The number of rotatable bonds is 5. The molecular formula is C15H20N2O2S. The van der Waals surface area contributed by atoms with Crippen molar-refractivity contribution >= 4 is 21.6 Å². The SMILES string of the molecule is OCCOC1CCN(Cc2nc3ccccc3s2)CC1. The number of aliphatic hydroxyl groups is 1. The zero-order valence-electron chi connectivity index (χ0n) is 11.5. The second-order valence-corrected chi connectivity index (χ2v) is 6.26. The van der Waals surface area contributed by atoms with Gasteiger partial charge in [0.25, 0.3) is 0 Å². The fourth-order valence-electron chi connectivity index (χ4n) is 2.63. The highest BCUT2D eigenvalue weighted by atomic mass is 32.1. The molecule has 0 amide bonds. The first-order chi connectivity index (χ1) is 9.85. The zero-order valence-corrected chi connectivity index (χ0v) is 12.3. The van der Waals surface area contributed by atoms with Gasteiger partial charge in [0.15, 0.2) is 0 Å². The summed E-state index contributed by atoms with van der Waals surface area (Å²) < 4.78 is 6.86. The Kier molecular flexibility index (Phi) is 4.62. The minimum atomic E-state index is 0.117. The lowest BCUT2D eigenvalue weighted by Gasteiger charge is -2.31. The first kappa shape index (κ1) is 13.9. The number of fused-ring (bicyclic) bond motifs is 1. The molecule has 1 aromatic carbocycles. The minimum Gasteiger partial charge on any atom is -0.394 e. The summed E-state index contributed by atoms with van der Waals surface area (Å²) in [5.74, 6) is 0.